The van der Waals surface area contributed by atoms with Crippen molar-refractivity contribution in [1.29, 1.82) is 5.26 Å². The molecule has 0 aliphatic heterocycles. The van der Waals surface area contributed by atoms with Crippen LogP contribution in [-0.4, -0.2) is 24.1 Å². The van der Waals surface area contributed by atoms with E-state index in [-0.39, 0.29) is 0 Å². The molecular formula is C64H36N6OS. The summed E-state index contributed by atoms with van der Waals surface area (Å²) in [6, 6.07) is 78.5. The Kier molecular flexibility index (Phi) is 8.76. The van der Waals surface area contributed by atoms with E-state index >= 15 is 0 Å². The third-order valence-corrected chi connectivity index (χ3v) is 15.4. The van der Waals surface area contributed by atoms with Gasteiger partial charge in [0.25, 0.3) is 0 Å². The Labute approximate surface area is 415 Å². The fourth-order valence-electron chi connectivity index (χ4n) is 10.9. The van der Waals surface area contributed by atoms with Gasteiger partial charge in [0.05, 0.1) is 33.3 Å². The molecule has 334 valence electrons. The Bertz CT molecular complexity index is 4780. The number of nitrogens with zero attached hydrogens (tertiary/aromatic N) is 6. The molecule has 0 spiro atoms. The lowest BCUT2D eigenvalue weighted by Crippen LogP contribution is -2.02. The van der Waals surface area contributed by atoms with Gasteiger partial charge < -0.3 is 13.6 Å². The largest absolute Gasteiger partial charge is 0.456 e. The monoisotopic (exact) mass is 936 g/mol. The molecule has 0 saturated carbocycles. The third-order valence-electron chi connectivity index (χ3n) is 14.2. The number of aromatic nitrogens is 5. The number of hydrogen-bond donors (Lipinski definition) is 0. The molecule has 0 saturated heterocycles. The average Bonchev–Trinajstić information content (AvgIpc) is 4.20. The third kappa shape index (κ3) is 6.11. The molecule has 0 fully saturated rings. The van der Waals surface area contributed by atoms with Crippen LogP contribution in [0.1, 0.15) is 5.56 Å². The number of fused-ring (bicyclic) bond motifs is 13. The zero-order chi connectivity index (χ0) is 47.4. The van der Waals surface area contributed by atoms with Crippen molar-refractivity contribution in [2.75, 3.05) is 0 Å². The van der Waals surface area contributed by atoms with Crippen LogP contribution < -0.4 is 0 Å². The first-order chi connectivity index (χ1) is 35.6. The standard InChI is InChI=1S/C64H36N6OS/c65-37-43-34-41(63-66-62(40-16-12-15-39(33-40)38-13-2-1-3-14-38)67-64(68-63)42-26-32-59-51(35-42)47-19-7-11-24-58(47)72-59)25-29-52(43)70-53-21-8-4-17-45(53)48-28-30-55-60(61(48)70)49-20-5-9-22-54(49)69(55)44-27-31-57-50(36-44)46-18-6-10-23-56(46)71-57/h1-36H. The summed E-state index contributed by atoms with van der Waals surface area (Å²) in [6.45, 7) is 0. The van der Waals surface area contributed by atoms with E-state index in [9.17, 15) is 5.26 Å². The molecule has 0 amide bonds. The van der Waals surface area contributed by atoms with E-state index in [0.717, 1.165) is 105 Å². The maximum atomic E-state index is 11.3. The number of nitriles is 1. The zero-order valence-corrected chi connectivity index (χ0v) is 39.1. The van der Waals surface area contributed by atoms with Gasteiger partial charge in [-0.2, -0.15) is 5.26 Å². The highest BCUT2D eigenvalue weighted by Gasteiger charge is 2.24. The van der Waals surface area contributed by atoms with Crippen molar-refractivity contribution in [1.82, 2.24) is 24.1 Å². The first-order valence-electron chi connectivity index (χ1n) is 23.9. The summed E-state index contributed by atoms with van der Waals surface area (Å²) in [5.74, 6) is 1.58. The smallest absolute Gasteiger partial charge is 0.164 e. The van der Waals surface area contributed by atoms with Crippen molar-refractivity contribution in [2.45, 2.75) is 0 Å². The molecule has 0 unspecified atom stereocenters. The van der Waals surface area contributed by atoms with E-state index in [1.54, 1.807) is 11.3 Å². The number of thiophene rings is 1. The minimum atomic E-state index is 0.480. The molecule has 5 aromatic heterocycles. The Balaban J connectivity index is 0.937. The highest BCUT2D eigenvalue weighted by Crippen LogP contribution is 2.44. The summed E-state index contributed by atoms with van der Waals surface area (Å²) in [5.41, 5.74) is 12.8. The maximum Gasteiger partial charge on any atom is 0.164 e. The topological polar surface area (TPSA) is 85.5 Å². The van der Waals surface area contributed by atoms with Crippen molar-refractivity contribution >= 4 is 97.1 Å². The molecule has 72 heavy (non-hydrogen) atoms. The van der Waals surface area contributed by atoms with Crippen LogP contribution in [0.25, 0.3) is 142 Å². The van der Waals surface area contributed by atoms with Gasteiger partial charge in [0.1, 0.15) is 17.2 Å². The second-order valence-electron chi connectivity index (χ2n) is 18.2. The van der Waals surface area contributed by atoms with Crippen molar-refractivity contribution < 1.29 is 4.42 Å². The summed E-state index contributed by atoms with van der Waals surface area (Å²) in [6.07, 6.45) is 0. The van der Waals surface area contributed by atoms with E-state index < -0.39 is 0 Å². The van der Waals surface area contributed by atoms with Crippen LogP contribution in [0.2, 0.25) is 0 Å². The molecule has 15 aromatic rings. The fourth-order valence-corrected chi connectivity index (χ4v) is 12.0. The van der Waals surface area contributed by atoms with E-state index in [4.69, 9.17) is 19.4 Å². The number of rotatable bonds is 6. The molecule has 7 nitrogen and oxygen atoms in total. The van der Waals surface area contributed by atoms with Crippen LogP contribution in [-0.2, 0) is 0 Å². The van der Waals surface area contributed by atoms with Crippen LogP contribution in [0.4, 0.5) is 0 Å². The second kappa shape index (κ2) is 15.7. The fraction of sp³-hybridized carbons (Fsp3) is 0. The number of para-hydroxylation sites is 3. The second-order valence-corrected chi connectivity index (χ2v) is 19.3. The van der Waals surface area contributed by atoms with Crippen LogP contribution in [0.15, 0.2) is 223 Å². The quantitative estimate of drug-likeness (QED) is 0.166. The van der Waals surface area contributed by atoms with Gasteiger partial charge in [0, 0.05) is 74.9 Å². The van der Waals surface area contributed by atoms with Crippen molar-refractivity contribution in [2.24, 2.45) is 0 Å². The number of hydrogen-bond acceptors (Lipinski definition) is 6. The van der Waals surface area contributed by atoms with Crippen molar-refractivity contribution in [3.05, 3.63) is 224 Å². The molecular weight excluding hydrogens is 901 g/mol. The maximum absolute atomic E-state index is 11.3. The van der Waals surface area contributed by atoms with E-state index in [2.05, 4.69) is 179 Å². The van der Waals surface area contributed by atoms with Gasteiger partial charge >= 0.3 is 0 Å². The number of benzene rings is 10. The minimum absolute atomic E-state index is 0.480. The lowest BCUT2D eigenvalue weighted by atomic mass is 10.0. The molecule has 0 aliphatic carbocycles. The Morgan fingerprint density at radius 1 is 0.389 bits per heavy atom. The Hall–Kier alpha value is -9.68. The molecule has 0 radical (unpaired) electrons. The van der Waals surface area contributed by atoms with Gasteiger partial charge in [0.2, 0.25) is 0 Å². The van der Waals surface area contributed by atoms with Gasteiger partial charge in [-0.15, -0.1) is 11.3 Å². The summed E-state index contributed by atoms with van der Waals surface area (Å²) >= 11 is 1.78. The van der Waals surface area contributed by atoms with Gasteiger partial charge in [0.15, 0.2) is 17.5 Å². The van der Waals surface area contributed by atoms with Gasteiger partial charge in [-0.3, -0.25) is 0 Å². The minimum Gasteiger partial charge on any atom is -0.456 e. The van der Waals surface area contributed by atoms with Crippen LogP contribution in [0.5, 0.6) is 0 Å². The Morgan fingerprint density at radius 3 is 1.83 bits per heavy atom. The normalized spacial score (nSPS) is 11.9. The zero-order valence-electron chi connectivity index (χ0n) is 38.3. The molecule has 0 N–H and O–H groups in total. The highest BCUT2D eigenvalue weighted by molar-refractivity contribution is 7.25. The highest BCUT2D eigenvalue weighted by atomic mass is 32.1. The molecule has 0 aliphatic rings. The first-order valence-corrected chi connectivity index (χ1v) is 24.7. The van der Waals surface area contributed by atoms with Gasteiger partial charge in [-0.05, 0) is 102 Å². The molecule has 5 heterocycles. The predicted molar refractivity (Wildman–Crippen MR) is 295 cm³/mol. The van der Waals surface area contributed by atoms with E-state index in [1.807, 2.05) is 54.6 Å². The number of furan rings is 1. The predicted octanol–water partition coefficient (Wildman–Crippen LogP) is 16.9. The van der Waals surface area contributed by atoms with Gasteiger partial charge in [-0.1, -0.05) is 127 Å². The SMILES string of the molecule is N#Cc1cc(-c2nc(-c3cccc(-c4ccccc4)c3)nc(-c3ccc4sc5ccccc5c4c3)n2)ccc1-n1c2ccccc2c2ccc3c(c4ccccc4n3-c3ccc4oc5ccccc5c4c3)c21. The summed E-state index contributed by atoms with van der Waals surface area (Å²) < 4.78 is 13.3. The van der Waals surface area contributed by atoms with E-state index in [0.29, 0.717) is 28.6 Å². The lowest BCUT2D eigenvalue weighted by molar-refractivity contribution is 0.669. The summed E-state index contributed by atoms with van der Waals surface area (Å²) in [4.78, 5) is 15.6. The first kappa shape index (κ1) is 40.2. The van der Waals surface area contributed by atoms with Crippen LogP contribution in [0, 0.1) is 11.3 Å². The molecule has 0 atom stereocenters. The van der Waals surface area contributed by atoms with Crippen LogP contribution in [0.3, 0.4) is 0 Å². The summed E-state index contributed by atoms with van der Waals surface area (Å²) in [5, 5.41) is 20.2. The van der Waals surface area contributed by atoms with Crippen molar-refractivity contribution in [3.8, 4) is 62.7 Å². The average molecular weight is 937 g/mol. The molecule has 8 heteroatoms. The molecule has 15 rings (SSSR count). The molecule has 10 aromatic carbocycles. The lowest BCUT2D eigenvalue weighted by Gasteiger charge is -2.13. The van der Waals surface area contributed by atoms with Crippen LogP contribution >= 0.6 is 11.3 Å². The van der Waals surface area contributed by atoms with Crippen molar-refractivity contribution in [3.63, 3.8) is 0 Å². The van der Waals surface area contributed by atoms with Gasteiger partial charge in [-0.25, -0.2) is 15.0 Å². The van der Waals surface area contributed by atoms with E-state index in [1.165, 1.54) is 14.8 Å². The Morgan fingerprint density at radius 2 is 1.01 bits per heavy atom. The summed E-state index contributed by atoms with van der Waals surface area (Å²) in [7, 11) is 0. The molecule has 0 bridgehead atoms.